The van der Waals surface area contributed by atoms with Crippen molar-refractivity contribution in [3.63, 3.8) is 0 Å². The first-order valence-corrected chi connectivity index (χ1v) is 8.24. The Kier molecular flexibility index (Phi) is 4.88. The second-order valence-electron chi connectivity index (χ2n) is 6.25. The van der Waals surface area contributed by atoms with Gasteiger partial charge in [0.25, 0.3) is 0 Å². The Bertz CT molecular complexity index is 870. The lowest BCUT2D eigenvalue weighted by Gasteiger charge is -2.19. The number of hydrogen-bond acceptors (Lipinski definition) is 2. The molecule has 3 amide bonds. The highest BCUT2D eigenvalue weighted by Crippen LogP contribution is 2.23. The van der Waals surface area contributed by atoms with E-state index in [0.29, 0.717) is 18.8 Å². The summed E-state index contributed by atoms with van der Waals surface area (Å²) in [5, 5.41) is 2.81. The number of nitrogens with zero attached hydrogens (tertiary/aromatic N) is 2. The molecule has 0 unspecified atom stereocenters. The Morgan fingerprint density at radius 2 is 1.88 bits per heavy atom. The number of hydrogen-bond donors (Lipinski definition) is 1. The number of rotatable bonds is 4. The molecule has 1 N–H and O–H groups in total. The van der Waals surface area contributed by atoms with Crippen LogP contribution in [0.15, 0.2) is 36.4 Å². The SMILES string of the molecule is Cc1cccc(NC(=O)CN2CCN(c3ccc(F)c(F)c3)C2=O)c1C. The first-order chi connectivity index (χ1) is 12.4. The minimum Gasteiger partial charge on any atom is -0.324 e. The van der Waals surface area contributed by atoms with Crippen LogP contribution in [0, 0.1) is 25.5 Å². The molecule has 1 aliphatic heterocycles. The van der Waals surface area contributed by atoms with Gasteiger partial charge in [-0.1, -0.05) is 12.1 Å². The van der Waals surface area contributed by atoms with Gasteiger partial charge in [-0.05, 0) is 43.2 Å². The first-order valence-electron chi connectivity index (χ1n) is 8.24. The van der Waals surface area contributed by atoms with E-state index in [2.05, 4.69) is 5.32 Å². The second-order valence-corrected chi connectivity index (χ2v) is 6.25. The fourth-order valence-electron chi connectivity index (χ4n) is 2.87. The fourth-order valence-corrected chi connectivity index (χ4v) is 2.87. The van der Waals surface area contributed by atoms with Gasteiger partial charge in [0.2, 0.25) is 5.91 Å². The highest BCUT2D eigenvalue weighted by atomic mass is 19.2. The Morgan fingerprint density at radius 3 is 2.62 bits per heavy atom. The summed E-state index contributed by atoms with van der Waals surface area (Å²) >= 11 is 0. The number of anilines is 2. The van der Waals surface area contributed by atoms with Crippen LogP contribution in [0.4, 0.5) is 25.0 Å². The Balaban J connectivity index is 1.66. The quantitative estimate of drug-likeness (QED) is 0.909. The Morgan fingerprint density at radius 1 is 1.12 bits per heavy atom. The van der Waals surface area contributed by atoms with Crippen molar-refractivity contribution in [2.75, 3.05) is 29.9 Å². The van der Waals surface area contributed by atoms with Crippen molar-refractivity contribution in [1.29, 1.82) is 0 Å². The van der Waals surface area contributed by atoms with E-state index in [1.807, 2.05) is 26.0 Å². The zero-order chi connectivity index (χ0) is 18.8. The normalized spacial score (nSPS) is 14.1. The lowest BCUT2D eigenvalue weighted by molar-refractivity contribution is -0.116. The van der Waals surface area contributed by atoms with Crippen LogP contribution in [0.25, 0.3) is 0 Å². The topological polar surface area (TPSA) is 52.7 Å². The molecule has 0 aliphatic carbocycles. The number of urea groups is 1. The number of carbonyl (C=O) groups is 2. The van der Waals surface area contributed by atoms with E-state index in [1.54, 1.807) is 6.07 Å². The summed E-state index contributed by atoms with van der Waals surface area (Å²) in [6.45, 7) is 4.40. The minimum atomic E-state index is -1.01. The molecule has 1 heterocycles. The number of benzene rings is 2. The van der Waals surface area contributed by atoms with Gasteiger partial charge >= 0.3 is 6.03 Å². The summed E-state index contributed by atoms with van der Waals surface area (Å²) in [6, 6.07) is 8.50. The predicted octanol–water partition coefficient (Wildman–Crippen LogP) is 3.46. The molecule has 0 bridgehead atoms. The molecule has 5 nitrogen and oxygen atoms in total. The third-order valence-corrected chi connectivity index (χ3v) is 4.52. The molecule has 136 valence electrons. The van der Waals surface area contributed by atoms with Gasteiger partial charge in [-0.3, -0.25) is 9.69 Å². The van der Waals surface area contributed by atoms with Crippen molar-refractivity contribution in [2.45, 2.75) is 13.8 Å². The number of aryl methyl sites for hydroxylation is 1. The molecule has 0 atom stereocenters. The third-order valence-electron chi connectivity index (χ3n) is 4.52. The highest BCUT2D eigenvalue weighted by Gasteiger charge is 2.31. The largest absolute Gasteiger partial charge is 0.325 e. The summed E-state index contributed by atoms with van der Waals surface area (Å²) in [4.78, 5) is 27.5. The number of halogens is 2. The van der Waals surface area contributed by atoms with E-state index in [1.165, 1.54) is 15.9 Å². The maximum atomic E-state index is 13.4. The zero-order valence-electron chi connectivity index (χ0n) is 14.6. The monoisotopic (exact) mass is 359 g/mol. The molecular formula is C19H19F2N3O2. The molecule has 7 heteroatoms. The average molecular weight is 359 g/mol. The zero-order valence-corrected chi connectivity index (χ0v) is 14.6. The van der Waals surface area contributed by atoms with Gasteiger partial charge in [-0.15, -0.1) is 0 Å². The molecule has 2 aromatic rings. The van der Waals surface area contributed by atoms with Crippen LogP contribution in [0.3, 0.4) is 0 Å². The van der Waals surface area contributed by atoms with Crippen molar-refractivity contribution >= 4 is 23.3 Å². The Labute approximate surface area is 150 Å². The van der Waals surface area contributed by atoms with E-state index in [4.69, 9.17) is 0 Å². The van der Waals surface area contributed by atoms with Crippen molar-refractivity contribution in [3.05, 3.63) is 59.2 Å². The first kappa shape index (κ1) is 17.8. The predicted molar refractivity (Wildman–Crippen MR) is 95.2 cm³/mol. The van der Waals surface area contributed by atoms with Gasteiger partial charge in [0.15, 0.2) is 11.6 Å². The minimum absolute atomic E-state index is 0.105. The van der Waals surface area contributed by atoms with E-state index < -0.39 is 17.7 Å². The van der Waals surface area contributed by atoms with Crippen LogP contribution >= 0.6 is 0 Å². The fraction of sp³-hybridized carbons (Fsp3) is 0.263. The molecule has 0 aromatic heterocycles. The lowest BCUT2D eigenvalue weighted by Crippen LogP contribution is -2.37. The van der Waals surface area contributed by atoms with Crippen molar-refractivity contribution in [2.24, 2.45) is 0 Å². The maximum absolute atomic E-state index is 13.4. The summed E-state index contributed by atoms with van der Waals surface area (Å²) in [5.41, 5.74) is 3.01. The summed E-state index contributed by atoms with van der Waals surface area (Å²) in [6.07, 6.45) is 0. The van der Waals surface area contributed by atoms with Crippen molar-refractivity contribution in [1.82, 2.24) is 4.90 Å². The summed E-state index contributed by atoms with van der Waals surface area (Å²) in [7, 11) is 0. The van der Waals surface area contributed by atoms with Gasteiger partial charge in [0, 0.05) is 30.5 Å². The van der Waals surface area contributed by atoms with E-state index in [9.17, 15) is 18.4 Å². The van der Waals surface area contributed by atoms with Gasteiger partial charge in [-0.2, -0.15) is 0 Å². The molecule has 0 spiro atoms. The van der Waals surface area contributed by atoms with Crippen LogP contribution in [0.5, 0.6) is 0 Å². The summed E-state index contributed by atoms with van der Waals surface area (Å²) in [5.74, 6) is -2.29. The van der Waals surface area contributed by atoms with E-state index in [0.717, 1.165) is 23.3 Å². The van der Waals surface area contributed by atoms with E-state index >= 15 is 0 Å². The smallest absolute Gasteiger partial charge is 0.324 e. The lowest BCUT2D eigenvalue weighted by atomic mass is 10.1. The van der Waals surface area contributed by atoms with Gasteiger partial charge in [0.05, 0.1) is 0 Å². The average Bonchev–Trinajstić information content (AvgIpc) is 2.95. The van der Waals surface area contributed by atoms with Gasteiger partial charge < -0.3 is 10.2 Å². The number of amides is 3. The van der Waals surface area contributed by atoms with Crippen LogP contribution in [0.1, 0.15) is 11.1 Å². The Hall–Kier alpha value is -2.96. The molecule has 1 saturated heterocycles. The van der Waals surface area contributed by atoms with Gasteiger partial charge in [-0.25, -0.2) is 13.6 Å². The molecular weight excluding hydrogens is 340 g/mol. The molecule has 0 saturated carbocycles. The highest BCUT2D eigenvalue weighted by molar-refractivity contribution is 5.99. The summed E-state index contributed by atoms with van der Waals surface area (Å²) < 4.78 is 26.4. The van der Waals surface area contributed by atoms with Gasteiger partial charge in [0.1, 0.15) is 6.54 Å². The maximum Gasteiger partial charge on any atom is 0.325 e. The molecule has 3 rings (SSSR count). The number of nitrogens with one attached hydrogen (secondary N) is 1. The van der Waals surface area contributed by atoms with Crippen LogP contribution in [-0.4, -0.2) is 36.5 Å². The molecule has 1 aliphatic rings. The molecule has 26 heavy (non-hydrogen) atoms. The molecule has 1 fully saturated rings. The van der Waals surface area contributed by atoms with Crippen molar-refractivity contribution < 1.29 is 18.4 Å². The molecule has 0 radical (unpaired) electrons. The second kappa shape index (κ2) is 7.11. The molecule has 2 aromatic carbocycles. The van der Waals surface area contributed by atoms with E-state index in [-0.39, 0.29) is 18.1 Å². The standard InChI is InChI=1S/C19H19F2N3O2/c1-12-4-3-5-17(13(12)2)22-18(25)11-23-8-9-24(19(23)26)14-6-7-15(20)16(21)10-14/h3-7,10H,8-9,11H2,1-2H3,(H,22,25). The van der Waals surface area contributed by atoms with Crippen LogP contribution < -0.4 is 10.2 Å². The third kappa shape index (κ3) is 3.51. The van der Waals surface area contributed by atoms with Crippen LogP contribution in [0.2, 0.25) is 0 Å². The van der Waals surface area contributed by atoms with Crippen LogP contribution in [-0.2, 0) is 4.79 Å². The number of carbonyl (C=O) groups excluding carboxylic acids is 2. The van der Waals surface area contributed by atoms with Crippen molar-refractivity contribution in [3.8, 4) is 0 Å².